The van der Waals surface area contributed by atoms with Gasteiger partial charge in [-0.3, -0.25) is 0 Å². The molecule has 0 saturated carbocycles. The molecule has 0 aliphatic carbocycles. The summed E-state index contributed by atoms with van der Waals surface area (Å²) in [7, 11) is 3.40. The summed E-state index contributed by atoms with van der Waals surface area (Å²) >= 11 is 0. The van der Waals surface area contributed by atoms with Crippen LogP contribution in [0.25, 0.3) is 0 Å². The number of halogens is 2. The fourth-order valence-electron chi connectivity index (χ4n) is 0.640. The summed E-state index contributed by atoms with van der Waals surface area (Å²) in [5.74, 6) is 0. The van der Waals surface area contributed by atoms with Crippen LogP contribution in [0, 0.1) is 0 Å². The van der Waals surface area contributed by atoms with Gasteiger partial charge in [-0.15, -0.1) is 0 Å². The molecule has 0 amide bonds. The minimum Gasteiger partial charge on any atom is -1.00 e. The van der Waals surface area contributed by atoms with Crippen LogP contribution < -0.4 is 17.0 Å². The zero-order chi connectivity index (χ0) is 6.15. The Morgan fingerprint density at radius 3 is 1.67 bits per heavy atom. The van der Waals surface area contributed by atoms with Gasteiger partial charge in [0.1, 0.15) is 0 Å². The van der Waals surface area contributed by atoms with E-state index in [0.29, 0.717) is 0 Å². The highest BCUT2D eigenvalue weighted by molar-refractivity contribution is 4.88. The Morgan fingerprint density at radius 1 is 1.22 bits per heavy atom. The van der Waals surface area contributed by atoms with Gasteiger partial charge in [-0.25, -0.2) is 0 Å². The monoisotopic (exact) mass is 195 g/mol. The number of hydrogen-bond donors (Lipinski definition) is 0. The molecular weight excluding hydrogens is 187 g/mol. The van der Waals surface area contributed by atoms with Crippen molar-refractivity contribution in [2.75, 3.05) is 14.1 Å². The van der Waals surface area contributed by atoms with Gasteiger partial charge >= 0.3 is 0 Å². The molecule has 0 aromatic rings. The number of nitrogens with zero attached hydrogens (tertiary/aromatic N) is 2. The van der Waals surface area contributed by atoms with E-state index in [1.54, 1.807) is 26.5 Å². The molecule has 4 heteroatoms. The molecule has 0 N–H and O–H groups in total. The first-order chi connectivity index (χ1) is 3.72. The number of hydrogen-bond acceptors (Lipinski definition) is 2. The standard InChI is InChI=1S/C5H9FN2.BrH/c1-7-3-4-8(2)5(7)6;/h3-5H,1-2H3;1H/p-1. The second kappa shape index (κ2) is 3.06. The Bertz CT molecular complexity index is 106. The van der Waals surface area contributed by atoms with Crippen molar-refractivity contribution < 1.29 is 21.4 Å². The summed E-state index contributed by atoms with van der Waals surface area (Å²) in [6.07, 6.45) is 2.44. The lowest BCUT2D eigenvalue weighted by Crippen LogP contribution is -3.00. The second-order valence-corrected chi connectivity index (χ2v) is 1.94. The normalized spacial score (nSPS) is 18.6. The average molecular weight is 196 g/mol. The molecule has 0 fully saturated rings. The average Bonchev–Trinajstić information content (AvgIpc) is 1.98. The van der Waals surface area contributed by atoms with Crippen LogP contribution in [0.1, 0.15) is 0 Å². The van der Waals surface area contributed by atoms with Crippen molar-refractivity contribution in [1.29, 1.82) is 0 Å². The maximum Gasteiger partial charge on any atom is 0.248 e. The first-order valence-electron chi connectivity index (χ1n) is 2.48. The van der Waals surface area contributed by atoms with Crippen molar-refractivity contribution >= 4 is 0 Å². The third-order valence-electron chi connectivity index (χ3n) is 1.21. The fourth-order valence-corrected chi connectivity index (χ4v) is 0.640. The first kappa shape index (κ1) is 8.75. The van der Waals surface area contributed by atoms with E-state index in [1.165, 1.54) is 9.80 Å². The van der Waals surface area contributed by atoms with Gasteiger partial charge in [0, 0.05) is 26.5 Å². The summed E-state index contributed by atoms with van der Waals surface area (Å²) < 4.78 is 12.5. The lowest BCUT2D eigenvalue weighted by atomic mass is 10.8. The molecule has 1 aliphatic heterocycles. The van der Waals surface area contributed by atoms with Crippen LogP contribution in [0.15, 0.2) is 12.4 Å². The SMILES string of the molecule is CN1C=CN(C)C1F.[Br-]. The fraction of sp³-hybridized carbons (Fsp3) is 0.600. The van der Waals surface area contributed by atoms with Gasteiger partial charge in [-0.2, -0.15) is 4.39 Å². The lowest BCUT2D eigenvalue weighted by Gasteiger charge is -2.18. The van der Waals surface area contributed by atoms with Crippen molar-refractivity contribution in [1.82, 2.24) is 9.80 Å². The third-order valence-corrected chi connectivity index (χ3v) is 1.21. The number of alkyl halides is 1. The van der Waals surface area contributed by atoms with Crippen molar-refractivity contribution in [2.45, 2.75) is 6.42 Å². The van der Waals surface area contributed by atoms with Crippen molar-refractivity contribution in [2.24, 2.45) is 0 Å². The summed E-state index contributed by atoms with van der Waals surface area (Å²) in [5.41, 5.74) is 0. The highest BCUT2D eigenvalue weighted by atomic mass is 79.9. The maximum absolute atomic E-state index is 12.5. The summed E-state index contributed by atoms with van der Waals surface area (Å²) in [6, 6.07) is 0. The van der Waals surface area contributed by atoms with Crippen LogP contribution in [0.2, 0.25) is 0 Å². The quantitative estimate of drug-likeness (QED) is 0.398. The molecule has 9 heavy (non-hydrogen) atoms. The predicted molar refractivity (Wildman–Crippen MR) is 29.6 cm³/mol. The Kier molecular flexibility index (Phi) is 2.97. The molecule has 54 valence electrons. The topological polar surface area (TPSA) is 6.48 Å². The van der Waals surface area contributed by atoms with Gasteiger partial charge < -0.3 is 26.8 Å². The first-order valence-corrected chi connectivity index (χ1v) is 2.48. The van der Waals surface area contributed by atoms with Crippen molar-refractivity contribution in [3.8, 4) is 0 Å². The highest BCUT2D eigenvalue weighted by Gasteiger charge is 2.17. The minimum absolute atomic E-state index is 0. The molecule has 2 nitrogen and oxygen atoms in total. The van der Waals surface area contributed by atoms with E-state index in [2.05, 4.69) is 0 Å². The Hall–Kier alpha value is -0.250. The number of rotatable bonds is 0. The van der Waals surface area contributed by atoms with Gasteiger partial charge in [0.15, 0.2) is 0 Å². The second-order valence-electron chi connectivity index (χ2n) is 1.94. The largest absolute Gasteiger partial charge is 1.00 e. The summed E-state index contributed by atoms with van der Waals surface area (Å²) in [5, 5.41) is 0. The van der Waals surface area contributed by atoms with E-state index in [-0.39, 0.29) is 17.0 Å². The maximum atomic E-state index is 12.5. The van der Waals surface area contributed by atoms with Crippen LogP contribution in [-0.2, 0) is 0 Å². The molecule has 0 bridgehead atoms. The molecule has 1 rings (SSSR count). The van der Waals surface area contributed by atoms with Gasteiger partial charge in [-0.1, -0.05) is 0 Å². The van der Waals surface area contributed by atoms with Crippen LogP contribution >= 0.6 is 0 Å². The van der Waals surface area contributed by atoms with Crippen molar-refractivity contribution in [3.05, 3.63) is 12.4 Å². The van der Waals surface area contributed by atoms with E-state index in [1.807, 2.05) is 0 Å². The molecule has 0 aromatic carbocycles. The molecule has 0 atom stereocenters. The molecule has 0 aromatic heterocycles. The van der Waals surface area contributed by atoms with Crippen LogP contribution in [0.5, 0.6) is 0 Å². The Morgan fingerprint density at radius 2 is 1.56 bits per heavy atom. The van der Waals surface area contributed by atoms with Gasteiger partial charge in [0.2, 0.25) is 6.42 Å². The summed E-state index contributed by atoms with van der Waals surface area (Å²) in [6.45, 7) is 0. The zero-order valence-electron chi connectivity index (χ0n) is 5.38. The molecule has 0 unspecified atom stereocenters. The van der Waals surface area contributed by atoms with Gasteiger partial charge in [0.05, 0.1) is 0 Å². The zero-order valence-corrected chi connectivity index (χ0v) is 6.97. The molecular formula is C5H9BrFN2-. The van der Waals surface area contributed by atoms with E-state index in [9.17, 15) is 4.39 Å². The molecule has 1 aliphatic rings. The van der Waals surface area contributed by atoms with Gasteiger partial charge in [-0.05, 0) is 0 Å². The molecule has 0 radical (unpaired) electrons. The summed E-state index contributed by atoms with van der Waals surface area (Å²) in [4.78, 5) is 3.00. The smallest absolute Gasteiger partial charge is 0.248 e. The molecule has 0 saturated heterocycles. The van der Waals surface area contributed by atoms with E-state index in [0.717, 1.165) is 0 Å². The van der Waals surface area contributed by atoms with Crippen LogP contribution in [-0.4, -0.2) is 30.3 Å². The Balaban J connectivity index is 0.000000640. The van der Waals surface area contributed by atoms with E-state index in [4.69, 9.17) is 0 Å². The Labute approximate surface area is 64.7 Å². The highest BCUT2D eigenvalue weighted by Crippen LogP contribution is 2.10. The predicted octanol–water partition coefficient (Wildman–Crippen LogP) is -2.41. The van der Waals surface area contributed by atoms with Crippen molar-refractivity contribution in [3.63, 3.8) is 0 Å². The van der Waals surface area contributed by atoms with E-state index >= 15 is 0 Å². The lowest BCUT2D eigenvalue weighted by molar-refractivity contribution is -0.00000373. The third kappa shape index (κ3) is 1.58. The molecule has 1 heterocycles. The molecule has 0 spiro atoms. The van der Waals surface area contributed by atoms with Crippen LogP contribution in [0.4, 0.5) is 4.39 Å². The van der Waals surface area contributed by atoms with Crippen LogP contribution in [0.3, 0.4) is 0 Å². The van der Waals surface area contributed by atoms with E-state index < -0.39 is 6.42 Å². The minimum atomic E-state index is -0.963. The van der Waals surface area contributed by atoms with Gasteiger partial charge in [0.25, 0.3) is 0 Å².